The van der Waals surface area contributed by atoms with E-state index in [1.807, 2.05) is 37.3 Å². The highest BCUT2D eigenvalue weighted by molar-refractivity contribution is 7.13. The van der Waals surface area contributed by atoms with E-state index in [1.165, 1.54) is 17.7 Å². The van der Waals surface area contributed by atoms with Crippen molar-refractivity contribution in [3.8, 4) is 22.0 Å². The normalized spacial score (nSPS) is 10.7. The van der Waals surface area contributed by atoms with Crippen LogP contribution < -0.4 is 5.32 Å². The Kier molecular flexibility index (Phi) is 4.70. The van der Waals surface area contributed by atoms with Gasteiger partial charge < -0.3 is 9.73 Å². The quantitative estimate of drug-likeness (QED) is 0.520. The molecule has 1 N–H and O–H groups in total. The van der Waals surface area contributed by atoms with E-state index in [9.17, 15) is 4.79 Å². The third-order valence-corrected chi connectivity index (χ3v) is 5.03. The zero-order valence-corrected chi connectivity index (χ0v) is 15.7. The van der Waals surface area contributed by atoms with E-state index in [-0.39, 0.29) is 5.91 Å². The second-order valence-electron chi connectivity index (χ2n) is 5.78. The summed E-state index contributed by atoms with van der Waals surface area (Å²) in [5, 5.41) is 13.5. The van der Waals surface area contributed by atoms with Gasteiger partial charge in [0.05, 0.1) is 0 Å². The van der Waals surface area contributed by atoms with Crippen LogP contribution in [-0.2, 0) is 0 Å². The number of carbonyl (C=O) groups is 1. The Labute approximate surface area is 163 Å². The van der Waals surface area contributed by atoms with Crippen LogP contribution in [0.15, 0.2) is 58.7 Å². The van der Waals surface area contributed by atoms with Crippen molar-refractivity contribution in [1.82, 2.24) is 15.2 Å². The number of thiazole rings is 1. The van der Waals surface area contributed by atoms with Gasteiger partial charge in [-0.25, -0.2) is 4.98 Å². The lowest BCUT2D eigenvalue weighted by Gasteiger charge is -2.08. The molecule has 0 radical (unpaired) electrons. The number of aromatic nitrogens is 3. The molecule has 4 aromatic rings. The molecule has 0 bridgehead atoms. The lowest BCUT2D eigenvalue weighted by Crippen LogP contribution is -2.13. The monoisotopic (exact) mass is 396 g/mol. The number of rotatable bonds is 4. The van der Waals surface area contributed by atoms with Crippen molar-refractivity contribution in [3.05, 3.63) is 70.5 Å². The van der Waals surface area contributed by atoms with Gasteiger partial charge in [-0.05, 0) is 36.8 Å². The summed E-state index contributed by atoms with van der Waals surface area (Å²) in [6.07, 6.45) is 1.26. The van der Waals surface area contributed by atoms with Gasteiger partial charge in [0.2, 0.25) is 12.3 Å². The average molecular weight is 397 g/mol. The SMILES string of the molecule is Cc1ccc(-c2nnco2)cc1NC(=O)c1csc(-c2cccc(Cl)c2)n1. The summed E-state index contributed by atoms with van der Waals surface area (Å²) in [5.74, 6) is 0.104. The fourth-order valence-corrected chi connectivity index (χ4v) is 3.49. The van der Waals surface area contributed by atoms with Crippen LogP contribution >= 0.6 is 22.9 Å². The van der Waals surface area contributed by atoms with Gasteiger partial charge in [-0.15, -0.1) is 21.5 Å². The van der Waals surface area contributed by atoms with Gasteiger partial charge in [-0.2, -0.15) is 0 Å². The topological polar surface area (TPSA) is 80.9 Å². The fourth-order valence-electron chi connectivity index (χ4n) is 2.51. The van der Waals surface area contributed by atoms with Crippen LogP contribution in [0.25, 0.3) is 22.0 Å². The number of benzene rings is 2. The highest BCUT2D eigenvalue weighted by atomic mass is 35.5. The maximum absolute atomic E-state index is 12.6. The molecule has 6 nitrogen and oxygen atoms in total. The summed E-state index contributed by atoms with van der Waals surface area (Å²) in [5.41, 5.74) is 3.52. The summed E-state index contributed by atoms with van der Waals surface area (Å²) in [6, 6.07) is 12.9. The molecule has 0 aliphatic carbocycles. The molecule has 8 heteroatoms. The van der Waals surface area contributed by atoms with Gasteiger partial charge in [0, 0.05) is 27.2 Å². The average Bonchev–Trinajstić information content (AvgIpc) is 3.36. The standard InChI is InChI=1S/C19H13ClN4O2S/c1-11-5-6-12(18-24-21-10-26-18)8-15(11)22-17(25)16-9-27-19(23-16)13-3-2-4-14(20)7-13/h2-10H,1H3,(H,22,25). The minimum atomic E-state index is -0.287. The van der Waals surface area contributed by atoms with E-state index in [0.717, 1.165) is 21.7 Å². The van der Waals surface area contributed by atoms with Gasteiger partial charge in [0.1, 0.15) is 10.7 Å². The second-order valence-corrected chi connectivity index (χ2v) is 7.07. The lowest BCUT2D eigenvalue weighted by molar-refractivity contribution is 0.102. The number of amides is 1. The largest absolute Gasteiger partial charge is 0.423 e. The van der Waals surface area contributed by atoms with Gasteiger partial charge >= 0.3 is 0 Å². The van der Waals surface area contributed by atoms with Crippen molar-refractivity contribution in [1.29, 1.82) is 0 Å². The van der Waals surface area contributed by atoms with Crippen molar-refractivity contribution < 1.29 is 9.21 Å². The zero-order valence-electron chi connectivity index (χ0n) is 14.1. The maximum Gasteiger partial charge on any atom is 0.275 e. The molecular weight excluding hydrogens is 384 g/mol. The molecule has 0 saturated carbocycles. The molecule has 27 heavy (non-hydrogen) atoms. The molecule has 0 aliphatic rings. The van der Waals surface area contributed by atoms with Crippen LogP contribution in [0.2, 0.25) is 5.02 Å². The first-order valence-corrected chi connectivity index (χ1v) is 9.26. The molecule has 4 rings (SSSR count). The van der Waals surface area contributed by atoms with Gasteiger partial charge in [-0.3, -0.25) is 4.79 Å². The minimum Gasteiger partial charge on any atom is -0.423 e. The first-order chi connectivity index (χ1) is 13.1. The van der Waals surface area contributed by atoms with Crippen molar-refractivity contribution in [2.75, 3.05) is 5.32 Å². The van der Waals surface area contributed by atoms with Crippen LogP contribution in [0, 0.1) is 6.92 Å². The number of hydrogen-bond acceptors (Lipinski definition) is 6. The van der Waals surface area contributed by atoms with Crippen LogP contribution in [0.3, 0.4) is 0 Å². The van der Waals surface area contributed by atoms with Crippen molar-refractivity contribution in [2.24, 2.45) is 0 Å². The number of carbonyl (C=O) groups excluding carboxylic acids is 1. The molecule has 2 heterocycles. The molecule has 0 aliphatic heterocycles. The number of nitrogens with zero attached hydrogens (tertiary/aromatic N) is 3. The van der Waals surface area contributed by atoms with Gasteiger partial charge in [0.25, 0.3) is 5.91 Å². The molecule has 0 unspecified atom stereocenters. The van der Waals surface area contributed by atoms with Crippen LogP contribution in [0.4, 0.5) is 5.69 Å². The van der Waals surface area contributed by atoms with E-state index in [2.05, 4.69) is 20.5 Å². The summed E-state index contributed by atoms with van der Waals surface area (Å²) >= 11 is 7.42. The summed E-state index contributed by atoms with van der Waals surface area (Å²) in [6.45, 7) is 1.91. The van der Waals surface area contributed by atoms with Crippen molar-refractivity contribution in [2.45, 2.75) is 6.92 Å². The predicted octanol–water partition coefficient (Wildman–Crippen LogP) is 5.07. The summed E-state index contributed by atoms with van der Waals surface area (Å²) < 4.78 is 5.21. The van der Waals surface area contributed by atoms with Crippen LogP contribution in [0.1, 0.15) is 16.1 Å². The summed E-state index contributed by atoms with van der Waals surface area (Å²) in [4.78, 5) is 17.1. The first-order valence-electron chi connectivity index (χ1n) is 8.00. The summed E-state index contributed by atoms with van der Waals surface area (Å²) in [7, 11) is 0. The number of aryl methyl sites for hydroxylation is 1. The predicted molar refractivity (Wildman–Crippen MR) is 105 cm³/mol. The Morgan fingerprint density at radius 1 is 1.19 bits per heavy atom. The first kappa shape index (κ1) is 17.4. The van der Waals surface area contributed by atoms with E-state index in [4.69, 9.17) is 16.0 Å². The Morgan fingerprint density at radius 3 is 2.85 bits per heavy atom. The smallest absolute Gasteiger partial charge is 0.275 e. The van der Waals surface area contributed by atoms with E-state index in [0.29, 0.717) is 22.3 Å². The van der Waals surface area contributed by atoms with Crippen molar-refractivity contribution >= 4 is 34.5 Å². The van der Waals surface area contributed by atoms with Crippen molar-refractivity contribution in [3.63, 3.8) is 0 Å². The number of hydrogen-bond donors (Lipinski definition) is 1. The molecule has 134 valence electrons. The highest BCUT2D eigenvalue weighted by Crippen LogP contribution is 2.27. The van der Waals surface area contributed by atoms with E-state index in [1.54, 1.807) is 17.5 Å². The molecule has 1 amide bonds. The van der Waals surface area contributed by atoms with E-state index >= 15 is 0 Å². The van der Waals surface area contributed by atoms with Gasteiger partial charge in [0.15, 0.2) is 0 Å². The molecular formula is C19H13ClN4O2S. The van der Waals surface area contributed by atoms with Gasteiger partial charge in [-0.1, -0.05) is 29.8 Å². The Bertz CT molecular complexity index is 1110. The molecule has 0 saturated heterocycles. The second kappa shape index (κ2) is 7.30. The number of halogens is 1. The third kappa shape index (κ3) is 3.74. The molecule has 0 atom stereocenters. The molecule has 0 spiro atoms. The molecule has 2 aromatic carbocycles. The zero-order chi connectivity index (χ0) is 18.8. The number of anilines is 1. The van der Waals surface area contributed by atoms with Crippen LogP contribution in [0.5, 0.6) is 0 Å². The Morgan fingerprint density at radius 2 is 2.07 bits per heavy atom. The molecule has 0 fully saturated rings. The Hall–Kier alpha value is -3.03. The fraction of sp³-hybridized carbons (Fsp3) is 0.0526. The van der Waals surface area contributed by atoms with Crippen LogP contribution in [-0.4, -0.2) is 21.1 Å². The third-order valence-electron chi connectivity index (χ3n) is 3.90. The Balaban J connectivity index is 1.57. The van der Waals surface area contributed by atoms with E-state index < -0.39 is 0 Å². The molecule has 2 aromatic heterocycles. The lowest BCUT2D eigenvalue weighted by atomic mass is 10.1. The minimum absolute atomic E-state index is 0.287. The maximum atomic E-state index is 12.6. The number of nitrogens with one attached hydrogen (secondary N) is 1. The highest BCUT2D eigenvalue weighted by Gasteiger charge is 2.14.